The van der Waals surface area contributed by atoms with Gasteiger partial charge < -0.3 is 19.7 Å². The van der Waals surface area contributed by atoms with Gasteiger partial charge in [0.1, 0.15) is 6.10 Å². The van der Waals surface area contributed by atoms with E-state index >= 15 is 0 Å². The minimum atomic E-state index is -1.08. The summed E-state index contributed by atoms with van der Waals surface area (Å²) in [6.07, 6.45) is -3.81. The Morgan fingerprint density at radius 2 is 2.25 bits per heavy atom. The number of aliphatic hydroxyl groups excluding tert-OH is 2. The molecule has 70 valence electrons. The molecule has 0 saturated carbocycles. The molecule has 0 aromatic rings. The normalized spacial score (nSPS) is 38.0. The summed E-state index contributed by atoms with van der Waals surface area (Å²) in [6.45, 7) is 1.44. The number of hydrogen-bond acceptors (Lipinski definition) is 5. The number of esters is 1. The van der Waals surface area contributed by atoms with E-state index in [1.165, 1.54) is 14.0 Å². The molecule has 1 aliphatic heterocycles. The van der Waals surface area contributed by atoms with Crippen LogP contribution in [-0.4, -0.2) is 47.7 Å². The first-order valence-electron chi connectivity index (χ1n) is 3.67. The van der Waals surface area contributed by atoms with Crippen LogP contribution in [0, 0.1) is 0 Å². The fourth-order valence-electron chi connectivity index (χ4n) is 1.20. The van der Waals surface area contributed by atoms with Crippen LogP contribution in [0.1, 0.15) is 6.92 Å². The maximum absolute atomic E-state index is 10.9. The van der Waals surface area contributed by atoms with Crippen molar-refractivity contribution in [2.45, 2.75) is 31.3 Å². The molecule has 0 radical (unpaired) electrons. The maximum Gasteiger partial charge on any atom is 0.338 e. The van der Waals surface area contributed by atoms with Crippen molar-refractivity contribution in [3.63, 3.8) is 0 Å². The number of aliphatic hydroxyl groups is 2. The summed E-state index contributed by atoms with van der Waals surface area (Å²) in [5.41, 5.74) is 0. The Kier molecular flexibility index (Phi) is 2.66. The van der Waals surface area contributed by atoms with E-state index in [1.54, 1.807) is 0 Å². The third-order valence-corrected chi connectivity index (χ3v) is 1.86. The van der Waals surface area contributed by atoms with Crippen molar-refractivity contribution in [1.29, 1.82) is 0 Å². The quantitative estimate of drug-likeness (QED) is 0.510. The van der Waals surface area contributed by atoms with Gasteiger partial charge in [0.15, 0.2) is 12.2 Å². The number of carbonyl (C=O) groups is 1. The van der Waals surface area contributed by atoms with E-state index in [0.717, 1.165) is 0 Å². The van der Waals surface area contributed by atoms with Gasteiger partial charge in [-0.3, -0.25) is 0 Å². The highest BCUT2D eigenvalue weighted by Gasteiger charge is 2.46. The van der Waals surface area contributed by atoms with Crippen LogP contribution in [0.3, 0.4) is 0 Å². The van der Waals surface area contributed by atoms with Crippen LogP contribution in [0.4, 0.5) is 0 Å². The predicted octanol–water partition coefficient (Wildman–Crippen LogP) is -1.33. The monoisotopic (exact) mass is 176 g/mol. The van der Waals surface area contributed by atoms with Crippen LogP contribution in [0.25, 0.3) is 0 Å². The lowest BCUT2D eigenvalue weighted by Gasteiger charge is -2.16. The fraction of sp³-hybridized carbons (Fsp3) is 0.857. The van der Waals surface area contributed by atoms with E-state index in [2.05, 4.69) is 9.47 Å². The van der Waals surface area contributed by atoms with Gasteiger partial charge in [-0.2, -0.15) is 0 Å². The molecule has 1 aliphatic rings. The van der Waals surface area contributed by atoms with Gasteiger partial charge in [0.2, 0.25) is 0 Å². The van der Waals surface area contributed by atoms with Gasteiger partial charge in [-0.05, 0) is 6.92 Å². The van der Waals surface area contributed by atoms with Crippen LogP contribution in [0.5, 0.6) is 0 Å². The zero-order valence-electron chi connectivity index (χ0n) is 6.93. The molecule has 1 heterocycles. The molecule has 5 heteroatoms. The van der Waals surface area contributed by atoms with E-state index in [0.29, 0.717) is 0 Å². The van der Waals surface area contributed by atoms with Crippen molar-refractivity contribution in [2.75, 3.05) is 7.11 Å². The second-order valence-corrected chi connectivity index (χ2v) is 2.79. The molecule has 0 aliphatic carbocycles. The first-order chi connectivity index (χ1) is 5.57. The largest absolute Gasteiger partial charge is 0.455 e. The van der Waals surface area contributed by atoms with Crippen LogP contribution >= 0.6 is 0 Å². The first kappa shape index (κ1) is 9.44. The van der Waals surface area contributed by atoms with Crippen molar-refractivity contribution in [3.05, 3.63) is 0 Å². The van der Waals surface area contributed by atoms with E-state index in [4.69, 9.17) is 5.11 Å². The molecule has 12 heavy (non-hydrogen) atoms. The third-order valence-electron chi connectivity index (χ3n) is 1.86. The number of hydrogen-bond donors (Lipinski definition) is 2. The number of cyclic esters (lactones) is 1. The van der Waals surface area contributed by atoms with Crippen molar-refractivity contribution < 1.29 is 24.5 Å². The van der Waals surface area contributed by atoms with E-state index in [-0.39, 0.29) is 0 Å². The lowest BCUT2D eigenvalue weighted by Crippen LogP contribution is -2.38. The van der Waals surface area contributed by atoms with Crippen molar-refractivity contribution in [1.82, 2.24) is 0 Å². The van der Waals surface area contributed by atoms with E-state index in [1.807, 2.05) is 0 Å². The van der Waals surface area contributed by atoms with Crippen LogP contribution in [0.2, 0.25) is 0 Å². The molecule has 0 unspecified atom stereocenters. The van der Waals surface area contributed by atoms with E-state index in [9.17, 15) is 9.90 Å². The van der Waals surface area contributed by atoms with Crippen LogP contribution in [0.15, 0.2) is 0 Å². The zero-order chi connectivity index (χ0) is 9.30. The molecule has 0 bridgehead atoms. The molecular weight excluding hydrogens is 164 g/mol. The van der Waals surface area contributed by atoms with Crippen molar-refractivity contribution >= 4 is 5.97 Å². The molecule has 1 fully saturated rings. The summed E-state index contributed by atoms with van der Waals surface area (Å²) in [5.74, 6) is -0.629. The zero-order valence-corrected chi connectivity index (χ0v) is 6.93. The predicted molar refractivity (Wildman–Crippen MR) is 38.4 cm³/mol. The fourth-order valence-corrected chi connectivity index (χ4v) is 1.20. The van der Waals surface area contributed by atoms with Gasteiger partial charge in [0.25, 0.3) is 0 Å². The van der Waals surface area contributed by atoms with Crippen molar-refractivity contribution in [2.24, 2.45) is 0 Å². The molecule has 0 aromatic carbocycles. The molecule has 5 nitrogen and oxygen atoms in total. The lowest BCUT2D eigenvalue weighted by molar-refractivity contribution is -0.151. The second kappa shape index (κ2) is 3.38. The van der Waals surface area contributed by atoms with Crippen molar-refractivity contribution in [3.8, 4) is 0 Å². The van der Waals surface area contributed by atoms with Gasteiger partial charge in [-0.15, -0.1) is 0 Å². The summed E-state index contributed by atoms with van der Waals surface area (Å²) in [6, 6.07) is 0. The number of methoxy groups -OCH3 is 1. The van der Waals surface area contributed by atoms with Gasteiger partial charge in [0.05, 0.1) is 6.10 Å². The topological polar surface area (TPSA) is 76.0 Å². The van der Waals surface area contributed by atoms with Gasteiger partial charge in [0, 0.05) is 7.11 Å². The molecule has 0 amide bonds. The Hall–Kier alpha value is -0.650. The highest BCUT2D eigenvalue weighted by molar-refractivity contribution is 5.78. The Bertz CT molecular complexity index is 179. The Balaban J connectivity index is 2.68. The molecule has 0 aromatic heterocycles. The Morgan fingerprint density at radius 1 is 1.67 bits per heavy atom. The Morgan fingerprint density at radius 3 is 2.50 bits per heavy atom. The maximum atomic E-state index is 10.9. The van der Waals surface area contributed by atoms with Crippen LogP contribution < -0.4 is 0 Å². The molecule has 2 N–H and O–H groups in total. The average Bonchev–Trinajstić information content (AvgIpc) is 2.27. The number of rotatable bonds is 2. The average molecular weight is 176 g/mol. The summed E-state index contributed by atoms with van der Waals surface area (Å²) < 4.78 is 9.36. The standard InChI is InChI=1S/C7H12O5/c1-3(8)5-4(9)6(11-2)7(10)12-5/h3-6,8-9H,1-2H3/t3-,4-,5-,6-/m1/s1. The van der Waals surface area contributed by atoms with Crippen LogP contribution in [-0.2, 0) is 14.3 Å². The number of ether oxygens (including phenoxy) is 2. The molecule has 1 rings (SSSR count). The van der Waals surface area contributed by atoms with E-state index < -0.39 is 30.4 Å². The minimum Gasteiger partial charge on any atom is -0.455 e. The molecule has 1 saturated heterocycles. The lowest BCUT2D eigenvalue weighted by atomic mass is 10.1. The summed E-state index contributed by atoms with van der Waals surface area (Å²) in [4.78, 5) is 10.9. The highest BCUT2D eigenvalue weighted by Crippen LogP contribution is 2.20. The molecule has 0 spiro atoms. The number of carbonyl (C=O) groups excluding carboxylic acids is 1. The smallest absolute Gasteiger partial charge is 0.338 e. The SMILES string of the molecule is CO[C@H]1C(=O)O[C@H]([C@@H](C)O)[C@H]1O. The third kappa shape index (κ3) is 1.43. The highest BCUT2D eigenvalue weighted by atomic mass is 16.6. The van der Waals surface area contributed by atoms with Gasteiger partial charge in [-0.25, -0.2) is 4.79 Å². The van der Waals surface area contributed by atoms with Gasteiger partial charge >= 0.3 is 5.97 Å². The summed E-state index contributed by atoms with van der Waals surface area (Å²) >= 11 is 0. The van der Waals surface area contributed by atoms with Gasteiger partial charge in [-0.1, -0.05) is 0 Å². The first-order valence-corrected chi connectivity index (χ1v) is 3.67. The second-order valence-electron chi connectivity index (χ2n) is 2.79. The molecular formula is C7H12O5. The Labute approximate surface area is 69.9 Å². The molecule has 4 atom stereocenters. The summed E-state index contributed by atoms with van der Waals surface area (Å²) in [7, 11) is 1.31. The summed E-state index contributed by atoms with van der Waals surface area (Å²) in [5, 5.41) is 18.4. The minimum absolute atomic E-state index is 0.629.